The lowest BCUT2D eigenvalue weighted by atomic mass is 9.67. The topological polar surface area (TPSA) is 0 Å². The van der Waals surface area contributed by atoms with Gasteiger partial charge in [-0.2, -0.15) is 0 Å². The third kappa shape index (κ3) is 1.87. The maximum Gasteiger partial charge on any atom is 0.198 e. The molecular formula is C13H9BF4. The molecule has 0 heterocycles. The number of rotatable bonds is 1. The molecule has 0 aliphatic heterocycles. The second-order valence-electron chi connectivity index (χ2n) is 4.74. The van der Waals surface area contributed by atoms with Gasteiger partial charge in [0.25, 0.3) is 0 Å². The first-order valence-electron chi connectivity index (χ1n) is 5.28. The van der Waals surface area contributed by atoms with Crippen LogP contribution in [0.1, 0.15) is 19.4 Å². The molecule has 0 aromatic heterocycles. The van der Waals surface area contributed by atoms with E-state index in [9.17, 15) is 17.6 Å². The molecule has 0 atom stereocenters. The van der Waals surface area contributed by atoms with Crippen LogP contribution in [0.15, 0.2) is 18.2 Å². The summed E-state index contributed by atoms with van der Waals surface area (Å²) >= 11 is 0. The van der Waals surface area contributed by atoms with Crippen molar-refractivity contribution in [3.05, 3.63) is 47.0 Å². The molecule has 0 amide bonds. The van der Waals surface area contributed by atoms with Crippen molar-refractivity contribution in [1.29, 1.82) is 0 Å². The number of fused-ring (bicyclic) bond motifs is 1. The molecule has 92 valence electrons. The van der Waals surface area contributed by atoms with Crippen molar-refractivity contribution < 1.29 is 17.6 Å². The van der Waals surface area contributed by atoms with Crippen molar-refractivity contribution in [1.82, 2.24) is 0 Å². The van der Waals surface area contributed by atoms with Crippen LogP contribution in [0.4, 0.5) is 17.6 Å². The van der Waals surface area contributed by atoms with Crippen molar-refractivity contribution in [2.75, 3.05) is 0 Å². The highest BCUT2D eigenvalue weighted by Crippen LogP contribution is 2.30. The lowest BCUT2D eigenvalue weighted by Crippen LogP contribution is -2.16. The van der Waals surface area contributed by atoms with Gasteiger partial charge < -0.3 is 0 Å². The molecule has 0 aliphatic carbocycles. The number of hydrogen-bond acceptors (Lipinski definition) is 0. The second kappa shape index (κ2) is 4.00. The summed E-state index contributed by atoms with van der Waals surface area (Å²) in [6.45, 7) is 3.34. The highest BCUT2D eigenvalue weighted by Gasteiger charge is 2.22. The fraction of sp³-hybridized carbons (Fsp3) is 0.231. The van der Waals surface area contributed by atoms with Crippen LogP contribution in [0.25, 0.3) is 10.8 Å². The van der Waals surface area contributed by atoms with E-state index >= 15 is 0 Å². The first kappa shape index (κ1) is 12.9. The molecule has 0 unspecified atom stereocenters. The summed E-state index contributed by atoms with van der Waals surface area (Å²) < 4.78 is 53.2. The minimum absolute atomic E-state index is 0.306. The summed E-state index contributed by atoms with van der Waals surface area (Å²) in [5.41, 5.74) is 0.499. The Morgan fingerprint density at radius 2 is 1.33 bits per heavy atom. The van der Waals surface area contributed by atoms with E-state index in [-0.39, 0.29) is 10.8 Å². The first-order valence-corrected chi connectivity index (χ1v) is 5.28. The van der Waals surface area contributed by atoms with Gasteiger partial charge in [0, 0.05) is 10.8 Å². The average Bonchev–Trinajstić information content (AvgIpc) is 2.32. The van der Waals surface area contributed by atoms with Crippen molar-refractivity contribution in [2.24, 2.45) is 0 Å². The minimum Gasteiger partial charge on any atom is -0.203 e. The van der Waals surface area contributed by atoms with Gasteiger partial charge in [-0.1, -0.05) is 31.5 Å². The molecule has 0 saturated carbocycles. The lowest BCUT2D eigenvalue weighted by Gasteiger charge is -2.20. The van der Waals surface area contributed by atoms with Gasteiger partial charge in [-0.25, -0.2) is 17.6 Å². The Balaban J connectivity index is 2.87. The largest absolute Gasteiger partial charge is 0.203 e. The van der Waals surface area contributed by atoms with E-state index in [0.717, 1.165) is 0 Å². The molecule has 2 rings (SSSR count). The molecule has 5 heteroatoms. The van der Waals surface area contributed by atoms with Crippen molar-refractivity contribution >= 4 is 18.6 Å². The van der Waals surface area contributed by atoms with Crippen LogP contribution in [-0.4, -0.2) is 7.85 Å². The van der Waals surface area contributed by atoms with Gasteiger partial charge in [0.05, 0.1) is 7.85 Å². The van der Waals surface area contributed by atoms with E-state index in [2.05, 4.69) is 0 Å². The van der Waals surface area contributed by atoms with E-state index in [1.54, 1.807) is 13.8 Å². The number of hydrogen-bond donors (Lipinski definition) is 0. The molecule has 2 aromatic carbocycles. The molecule has 0 aliphatic rings. The summed E-state index contributed by atoms with van der Waals surface area (Å²) in [5.74, 6) is -6.42. The Morgan fingerprint density at radius 1 is 0.833 bits per heavy atom. The molecule has 2 aromatic rings. The van der Waals surface area contributed by atoms with Crippen LogP contribution in [-0.2, 0) is 5.31 Å². The van der Waals surface area contributed by atoms with E-state index in [4.69, 9.17) is 7.85 Å². The SMILES string of the molecule is [B]C(C)(C)c1ccc2c(F)c(F)c(F)c(F)c2c1. The van der Waals surface area contributed by atoms with E-state index in [0.29, 0.717) is 5.56 Å². The fourth-order valence-corrected chi connectivity index (χ4v) is 1.75. The zero-order valence-electron chi connectivity index (χ0n) is 9.82. The van der Waals surface area contributed by atoms with Gasteiger partial charge in [0.1, 0.15) is 0 Å². The van der Waals surface area contributed by atoms with Gasteiger partial charge in [-0.05, 0) is 11.4 Å². The Bertz CT molecular complexity index is 629. The first-order chi connectivity index (χ1) is 8.23. The van der Waals surface area contributed by atoms with Crippen LogP contribution < -0.4 is 0 Å². The van der Waals surface area contributed by atoms with Crippen molar-refractivity contribution in [2.45, 2.75) is 19.2 Å². The van der Waals surface area contributed by atoms with E-state index < -0.39 is 28.6 Å². The summed E-state index contributed by atoms with van der Waals surface area (Å²) in [7, 11) is 5.82. The maximum atomic E-state index is 13.6. The number of halogens is 4. The minimum atomic E-state index is -1.81. The molecule has 2 radical (unpaired) electrons. The van der Waals surface area contributed by atoms with Crippen LogP contribution in [0.5, 0.6) is 0 Å². The maximum absolute atomic E-state index is 13.6. The predicted molar refractivity (Wildman–Crippen MR) is 62.6 cm³/mol. The van der Waals surface area contributed by atoms with Crippen LogP contribution in [0.3, 0.4) is 0 Å². The zero-order chi connectivity index (χ0) is 13.7. The highest BCUT2D eigenvalue weighted by molar-refractivity contribution is 6.15. The molecule has 0 nitrogen and oxygen atoms in total. The lowest BCUT2D eigenvalue weighted by molar-refractivity contribution is 0.418. The van der Waals surface area contributed by atoms with Crippen LogP contribution in [0, 0.1) is 23.3 Å². The molecular weight excluding hydrogens is 243 g/mol. The monoisotopic (exact) mass is 252 g/mol. The van der Waals surface area contributed by atoms with Gasteiger partial charge in [0.2, 0.25) is 0 Å². The standard InChI is InChI=1S/C13H9BF4/c1-13(2,14)6-3-4-7-8(5-6)10(16)12(18)11(17)9(7)15/h3-5H,1-2H3. The average molecular weight is 252 g/mol. The summed E-state index contributed by atoms with van der Waals surface area (Å²) in [5, 5.41) is -1.41. The molecule has 0 spiro atoms. The van der Waals surface area contributed by atoms with Gasteiger partial charge in [-0.15, -0.1) is 0 Å². The Kier molecular flexibility index (Phi) is 2.88. The quantitative estimate of drug-likeness (QED) is 0.313. The molecule has 18 heavy (non-hydrogen) atoms. The van der Waals surface area contributed by atoms with Crippen molar-refractivity contribution in [3.63, 3.8) is 0 Å². The number of benzene rings is 2. The fourth-order valence-electron chi connectivity index (χ4n) is 1.75. The van der Waals surface area contributed by atoms with Gasteiger partial charge in [-0.3, -0.25) is 0 Å². The smallest absolute Gasteiger partial charge is 0.198 e. The molecule has 0 bridgehead atoms. The Morgan fingerprint density at radius 3 is 1.83 bits per heavy atom. The molecule has 0 saturated heterocycles. The summed E-state index contributed by atoms with van der Waals surface area (Å²) in [6.07, 6.45) is 0. The predicted octanol–water partition coefficient (Wildman–Crippen LogP) is 3.80. The van der Waals surface area contributed by atoms with E-state index in [1.807, 2.05) is 0 Å². The Labute approximate surface area is 103 Å². The molecule has 0 N–H and O–H groups in total. The highest BCUT2D eigenvalue weighted by atomic mass is 19.2. The third-order valence-electron chi connectivity index (χ3n) is 2.81. The molecule has 0 fully saturated rings. The third-order valence-corrected chi connectivity index (χ3v) is 2.81. The van der Waals surface area contributed by atoms with Crippen LogP contribution >= 0.6 is 0 Å². The normalized spacial score (nSPS) is 12.1. The van der Waals surface area contributed by atoms with E-state index in [1.165, 1.54) is 18.2 Å². The van der Waals surface area contributed by atoms with Gasteiger partial charge in [0.15, 0.2) is 23.3 Å². The van der Waals surface area contributed by atoms with Gasteiger partial charge >= 0.3 is 0 Å². The Hall–Kier alpha value is -1.52. The summed E-state index contributed by atoms with van der Waals surface area (Å²) in [6, 6.07) is 3.89. The van der Waals surface area contributed by atoms with Crippen LogP contribution in [0.2, 0.25) is 0 Å². The second-order valence-corrected chi connectivity index (χ2v) is 4.74. The van der Waals surface area contributed by atoms with Crippen molar-refractivity contribution in [3.8, 4) is 0 Å². The zero-order valence-corrected chi connectivity index (χ0v) is 9.82. The summed E-state index contributed by atoms with van der Waals surface area (Å²) in [4.78, 5) is 0.